The molecule has 0 aliphatic carbocycles. The fourth-order valence-corrected chi connectivity index (χ4v) is 3.45. The zero-order valence-corrected chi connectivity index (χ0v) is 13.2. The number of aromatic nitrogens is 2. The van der Waals surface area contributed by atoms with Crippen molar-refractivity contribution in [2.24, 2.45) is 0 Å². The smallest absolute Gasteiger partial charge is 0.263 e. The lowest BCUT2D eigenvalue weighted by atomic mass is 9.96. The maximum Gasteiger partial charge on any atom is 0.263 e. The van der Waals surface area contributed by atoms with Crippen LogP contribution in [-0.4, -0.2) is 34.0 Å². The third-order valence-electron chi connectivity index (χ3n) is 3.88. The average Bonchev–Trinajstić information content (AvgIpc) is 3.15. The lowest BCUT2D eigenvalue weighted by molar-refractivity contribution is 0.0709. The van der Waals surface area contributed by atoms with E-state index in [1.54, 1.807) is 11.3 Å². The lowest BCUT2D eigenvalue weighted by Gasteiger charge is -2.30. The molecule has 0 atom stereocenters. The van der Waals surface area contributed by atoms with Crippen molar-refractivity contribution < 1.29 is 9.32 Å². The molecule has 1 aliphatic rings. The summed E-state index contributed by atoms with van der Waals surface area (Å²) in [6.07, 6.45) is 2.57. The quantitative estimate of drug-likeness (QED) is 0.874. The molecule has 3 heterocycles. The van der Waals surface area contributed by atoms with Gasteiger partial charge in [0.25, 0.3) is 5.91 Å². The molecule has 1 fully saturated rings. The van der Waals surface area contributed by atoms with Gasteiger partial charge in [-0.25, -0.2) is 0 Å². The van der Waals surface area contributed by atoms with Crippen LogP contribution in [-0.2, 0) is 6.42 Å². The molecule has 0 saturated carbocycles. The van der Waals surface area contributed by atoms with E-state index in [9.17, 15) is 4.79 Å². The summed E-state index contributed by atoms with van der Waals surface area (Å²) in [5.74, 6) is 1.92. The van der Waals surface area contributed by atoms with Crippen LogP contribution in [0.15, 0.2) is 16.7 Å². The number of carbonyl (C=O) groups is 1. The number of piperidine rings is 1. The van der Waals surface area contributed by atoms with Crippen LogP contribution >= 0.6 is 11.3 Å². The summed E-state index contributed by atoms with van der Waals surface area (Å²) in [6.45, 7) is 5.54. The predicted octanol–water partition coefficient (Wildman–Crippen LogP) is 3.02. The number of amides is 1. The summed E-state index contributed by atoms with van der Waals surface area (Å²) < 4.78 is 5.32. The van der Waals surface area contributed by atoms with E-state index in [0.717, 1.165) is 48.9 Å². The van der Waals surface area contributed by atoms with Crippen molar-refractivity contribution in [3.63, 3.8) is 0 Å². The van der Waals surface area contributed by atoms with Crippen molar-refractivity contribution >= 4 is 17.2 Å². The Bertz CT molecular complexity index is 626. The Hall–Kier alpha value is -1.69. The first kappa shape index (κ1) is 14.3. The van der Waals surface area contributed by atoms with Crippen molar-refractivity contribution in [1.82, 2.24) is 15.0 Å². The zero-order valence-electron chi connectivity index (χ0n) is 12.3. The molecule has 0 spiro atoms. The van der Waals surface area contributed by atoms with E-state index in [1.807, 2.05) is 30.9 Å². The fraction of sp³-hybridized carbons (Fsp3) is 0.533. The summed E-state index contributed by atoms with van der Waals surface area (Å²) in [6, 6.07) is 3.91. The molecule has 6 heteroatoms. The van der Waals surface area contributed by atoms with Crippen molar-refractivity contribution in [2.75, 3.05) is 13.1 Å². The van der Waals surface area contributed by atoms with Crippen LogP contribution in [0.2, 0.25) is 0 Å². The number of aryl methyl sites for hydroxylation is 2. The Morgan fingerprint density at radius 1 is 1.43 bits per heavy atom. The monoisotopic (exact) mass is 305 g/mol. The Morgan fingerprint density at radius 2 is 2.19 bits per heavy atom. The molecule has 1 aliphatic heterocycles. The first-order chi connectivity index (χ1) is 10.2. The number of hydrogen-bond acceptors (Lipinski definition) is 5. The molecule has 2 aromatic rings. The Labute approximate surface area is 128 Å². The number of likely N-dealkylation sites (tertiary alicyclic amines) is 1. The van der Waals surface area contributed by atoms with Crippen LogP contribution in [0.4, 0.5) is 0 Å². The van der Waals surface area contributed by atoms with Gasteiger partial charge in [-0.2, -0.15) is 4.98 Å². The number of nitrogens with zero attached hydrogens (tertiary/aromatic N) is 3. The minimum Gasteiger partial charge on any atom is -0.339 e. The molecule has 21 heavy (non-hydrogen) atoms. The average molecular weight is 305 g/mol. The van der Waals surface area contributed by atoms with E-state index in [4.69, 9.17) is 4.52 Å². The van der Waals surface area contributed by atoms with Gasteiger partial charge in [0.05, 0.1) is 4.88 Å². The molecule has 0 aromatic carbocycles. The minimum absolute atomic E-state index is 0.145. The van der Waals surface area contributed by atoms with E-state index in [-0.39, 0.29) is 11.8 Å². The highest BCUT2D eigenvalue weighted by Crippen LogP contribution is 2.28. The van der Waals surface area contributed by atoms with Crippen molar-refractivity contribution in [3.05, 3.63) is 33.6 Å². The van der Waals surface area contributed by atoms with Gasteiger partial charge in [0.2, 0.25) is 5.89 Å². The molecule has 1 amide bonds. The second-order valence-electron chi connectivity index (χ2n) is 5.38. The standard InChI is InChI=1S/C15H19N3O2S/c1-3-13-16-14(20-17-13)11-6-8-18(9-7-11)15(19)12-5-4-10(2)21-12/h4-5,11H,3,6-9H2,1-2H3. The van der Waals surface area contributed by atoms with Gasteiger partial charge in [0.1, 0.15) is 0 Å². The highest BCUT2D eigenvalue weighted by molar-refractivity contribution is 7.13. The van der Waals surface area contributed by atoms with Crippen molar-refractivity contribution in [2.45, 2.75) is 39.0 Å². The van der Waals surface area contributed by atoms with E-state index >= 15 is 0 Å². The van der Waals surface area contributed by atoms with Crippen LogP contribution < -0.4 is 0 Å². The van der Waals surface area contributed by atoms with E-state index < -0.39 is 0 Å². The molecule has 2 aromatic heterocycles. The van der Waals surface area contributed by atoms with Crippen LogP contribution in [0, 0.1) is 6.92 Å². The Balaban J connectivity index is 1.61. The van der Waals surface area contributed by atoms with Crippen LogP contribution in [0.1, 0.15) is 51.9 Å². The fourth-order valence-electron chi connectivity index (χ4n) is 2.61. The summed E-state index contributed by atoms with van der Waals surface area (Å²) in [5.41, 5.74) is 0. The van der Waals surface area contributed by atoms with E-state index in [2.05, 4.69) is 10.1 Å². The normalized spacial score (nSPS) is 16.4. The molecule has 1 saturated heterocycles. The number of carbonyl (C=O) groups excluding carboxylic acids is 1. The molecule has 0 bridgehead atoms. The number of rotatable bonds is 3. The maximum atomic E-state index is 12.4. The molecule has 5 nitrogen and oxygen atoms in total. The topological polar surface area (TPSA) is 59.2 Å². The summed E-state index contributed by atoms with van der Waals surface area (Å²) in [7, 11) is 0. The Kier molecular flexibility index (Phi) is 4.05. The zero-order chi connectivity index (χ0) is 14.8. The van der Waals surface area contributed by atoms with Crippen molar-refractivity contribution in [1.29, 1.82) is 0 Å². The van der Waals surface area contributed by atoms with Gasteiger partial charge >= 0.3 is 0 Å². The third-order valence-corrected chi connectivity index (χ3v) is 4.87. The largest absolute Gasteiger partial charge is 0.339 e. The molecular weight excluding hydrogens is 286 g/mol. The SMILES string of the molecule is CCc1noc(C2CCN(C(=O)c3ccc(C)s3)CC2)n1. The second-order valence-corrected chi connectivity index (χ2v) is 6.67. The predicted molar refractivity (Wildman–Crippen MR) is 80.6 cm³/mol. The molecule has 0 unspecified atom stereocenters. The Morgan fingerprint density at radius 3 is 2.76 bits per heavy atom. The van der Waals surface area contributed by atoms with E-state index in [1.165, 1.54) is 4.88 Å². The molecule has 3 rings (SSSR count). The summed E-state index contributed by atoms with van der Waals surface area (Å²) >= 11 is 1.56. The van der Waals surface area contributed by atoms with E-state index in [0.29, 0.717) is 0 Å². The van der Waals surface area contributed by atoms with Gasteiger partial charge < -0.3 is 9.42 Å². The second kappa shape index (κ2) is 5.97. The van der Waals surface area contributed by atoms with Gasteiger partial charge in [-0.3, -0.25) is 4.79 Å². The van der Waals surface area contributed by atoms with Crippen LogP contribution in [0.5, 0.6) is 0 Å². The van der Waals surface area contributed by atoms with Gasteiger partial charge in [-0.05, 0) is 31.9 Å². The number of thiophene rings is 1. The van der Waals surface area contributed by atoms with Gasteiger partial charge in [0, 0.05) is 30.3 Å². The van der Waals surface area contributed by atoms with Crippen LogP contribution in [0.25, 0.3) is 0 Å². The number of hydrogen-bond donors (Lipinski definition) is 0. The highest BCUT2D eigenvalue weighted by atomic mass is 32.1. The summed E-state index contributed by atoms with van der Waals surface area (Å²) in [4.78, 5) is 20.7. The molecule has 0 radical (unpaired) electrons. The molecule has 0 N–H and O–H groups in total. The first-order valence-electron chi connectivity index (χ1n) is 7.35. The third kappa shape index (κ3) is 3.00. The van der Waals surface area contributed by atoms with Gasteiger partial charge in [-0.15, -0.1) is 11.3 Å². The summed E-state index contributed by atoms with van der Waals surface area (Å²) in [5, 5.41) is 3.95. The maximum absolute atomic E-state index is 12.4. The molecular formula is C15H19N3O2S. The lowest BCUT2D eigenvalue weighted by Crippen LogP contribution is -2.37. The first-order valence-corrected chi connectivity index (χ1v) is 8.17. The van der Waals surface area contributed by atoms with Gasteiger partial charge in [-0.1, -0.05) is 12.1 Å². The van der Waals surface area contributed by atoms with Gasteiger partial charge in [0.15, 0.2) is 5.82 Å². The van der Waals surface area contributed by atoms with Crippen LogP contribution in [0.3, 0.4) is 0 Å². The minimum atomic E-state index is 0.145. The highest BCUT2D eigenvalue weighted by Gasteiger charge is 2.28. The van der Waals surface area contributed by atoms with Crippen molar-refractivity contribution in [3.8, 4) is 0 Å². The molecule has 112 valence electrons.